The second-order valence-electron chi connectivity index (χ2n) is 4.79. The SMILES string of the molecule is COc1ncccc1COc1cc(C)ccc1[C@H](C)N. The number of aryl methyl sites for hydroxylation is 1. The summed E-state index contributed by atoms with van der Waals surface area (Å²) in [6, 6.07) is 9.78. The predicted octanol–water partition coefficient (Wildman–Crippen LogP) is 3.00. The van der Waals surface area contributed by atoms with E-state index in [1.54, 1.807) is 13.3 Å². The van der Waals surface area contributed by atoms with Crippen molar-refractivity contribution in [2.24, 2.45) is 5.73 Å². The Bertz CT molecular complexity index is 582. The summed E-state index contributed by atoms with van der Waals surface area (Å²) < 4.78 is 11.1. The molecule has 1 aromatic carbocycles. The van der Waals surface area contributed by atoms with Crippen LogP contribution in [0.1, 0.15) is 29.7 Å². The van der Waals surface area contributed by atoms with Gasteiger partial charge in [0.2, 0.25) is 5.88 Å². The number of methoxy groups -OCH3 is 1. The zero-order valence-corrected chi connectivity index (χ0v) is 12.1. The minimum atomic E-state index is -0.0682. The summed E-state index contributed by atoms with van der Waals surface area (Å²) in [5, 5.41) is 0. The van der Waals surface area contributed by atoms with Crippen molar-refractivity contribution >= 4 is 0 Å². The number of nitrogens with zero attached hydrogens (tertiary/aromatic N) is 1. The molecule has 1 atom stereocenters. The van der Waals surface area contributed by atoms with Gasteiger partial charge in [0.15, 0.2) is 0 Å². The van der Waals surface area contributed by atoms with Crippen LogP contribution < -0.4 is 15.2 Å². The maximum Gasteiger partial charge on any atom is 0.219 e. The summed E-state index contributed by atoms with van der Waals surface area (Å²) >= 11 is 0. The lowest BCUT2D eigenvalue weighted by Crippen LogP contribution is -2.08. The van der Waals surface area contributed by atoms with Gasteiger partial charge in [-0.2, -0.15) is 0 Å². The molecule has 2 N–H and O–H groups in total. The molecule has 0 aliphatic heterocycles. The highest BCUT2D eigenvalue weighted by Gasteiger charge is 2.10. The van der Waals surface area contributed by atoms with E-state index in [1.807, 2.05) is 44.2 Å². The first kappa shape index (κ1) is 14.3. The van der Waals surface area contributed by atoms with Gasteiger partial charge in [-0.05, 0) is 37.6 Å². The minimum Gasteiger partial charge on any atom is -0.488 e. The molecule has 106 valence electrons. The summed E-state index contributed by atoms with van der Waals surface area (Å²) in [7, 11) is 1.60. The number of ether oxygens (including phenoxy) is 2. The van der Waals surface area contributed by atoms with Gasteiger partial charge in [-0.3, -0.25) is 0 Å². The van der Waals surface area contributed by atoms with E-state index in [1.165, 1.54) is 0 Å². The Morgan fingerprint density at radius 3 is 2.80 bits per heavy atom. The standard InChI is InChI=1S/C16H20N2O2/c1-11-6-7-14(12(2)17)15(9-11)20-10-13-5-4-8-18-16(13)19-3/h4-9,12H,10,17H2,1-3H3/t12-/m0/s1. The minimum absolute atomic E-state index is 0.0682. The van der Waals surface area contributed by atoms with Crippen LogP contribution in [0.25, 0.3) is 0 Å². The molecule has 0 bridgehead atoms. The van der Waals surface area contributed by atoms with Gasteiger partial charge in [-0.15, -0.1) is 0 Å². The van der Waals surface area contributed by atoms with E-state index in [9.17, 15) is 0 Å². The summed E-state index contributed by atoms with van der Waals surface area (Å²) in [6.07, 6.45) is 1.70. The average Bonchev–Trinajstić information content (AvgIpc) is 2.45. The number of hydrogen-bond acceptors (Lipinski definition) is 4. The van der Waals surface area contributed by atoms with Gasteiger partial charge in [0.25, 0.3) is 0 Å². The first-order valence-corrected chi connectivity index (χ1v) is 6.58. The third-order valence-corrected chi connectivity index (χ3v) is 3.09. The summed E-state index contributed by atoms with van der Waals surface area (Å²) in [5.74, 6) is 1.40. The summed E-state index contributed by atoms with van der Waals surface area (Å²) in [4.78, 5) is 4.16. The van der Waals surface area contributed by atoms with Crippen molar-refractivity contribution in [3.63, 3.8) is 0 Å². The number of rotatable bonds is 5. The smallest absolute Gasteiger partial charge is 0.219 e. The van der Waals surface area contributed by atoms with E-state index in [2.05, 4.69) is 4.98 Å². The van der Waals surface area contributed by atoms with E-state index < -0.39 is 0 Å². The topological polar surface area (TPSA) is 57.4 Å². The highest BCUT2D eigenvalue weighted by Crippen LogP contribution is 2.26. The number of pyridine rings is 1. The predicted molar refractivity (Wildman–Crippen MR) is 78.9 cm³/mol. The Morgan fingerprint density at radius 1 is 1.30 bits per heavy atom. The molecule has 0 fully saturated rings. The molecule has 0 spiro atoms. The zero-order valence-electron chi connectivity index (χ0n) is 12.1. The molecule has 0 aliphatic rings. The largest absolute Gasteiger partial charge is 0.488 e. The fraction of sp³-hybridized carbons (Fsp3) is 0.312. The van der Waals surface area contributed by atoms with Gasteiger partial charge in [0, 0.05) is 17.8 Å². The third kappa shape index (κ3) is 3.27. The van der Waals surface area contributed by atoms with Crippen LogP contribution in [0.5, 0.6) is 11.6 Å². The van der Waals surface area contributed by atoms with Gasteiger partial charge < -0.3 is 15.2 Å². The Balaban J connectivity index is 2.20. The number of aromatic nitrogens is 1. The third-order valence-electron chi connectivity index (χ3n) is 3.09. The molecular weight excluding hydrogens is 252 g/mol. The second kappa shape index (κ2) is 6.39. The molecular formula is C16H20N2O2. The van der Waals surface area contributed by atoms with Crippen molar-refractivity contribution < 1.29 is 9.47 Å². The van der Waals surface area contributed by atoms with Crippen LogP contribution in [0.15, 0.2) is 36.5 Å². The normalized spacial score (nSPS) is 12.0. The Morgan fingerprint density at radius 2 is 2.10 bits per heavy atom. The molecule has 0 unspecified atom stereocenters. The van der Waals surface area contributed by atoms with Gasteiger partial charge in [0.05, 0.1) is 12.7 Å². The molecule has 0 radical (unpaired) electrons. The van der Waals surface area contributed by atoms with Crippen LogP contribution in [-0.2, 0) is 6.61 Å². The summed E-state index contributed by atoms with van der Waals surface area (Å²) in [6.45, 7) is 4.38. The lowest BCUT2D eigenvalue weighted by atomic mass is 10.1. The second-order valence-corrected chi connectivity index (χ2v) is 4.79. The van der Waals surface area contributed by atoms with Crippen molar-refractivity contribution in [3.05, 3.63) is 53.2 Å². The number of hydrogen-bond donors (Lipinski definition) is 1. The van der Waals surface area contributed by atoms with E-state index in [0.29, 0.717) is 12.5 Å². The molecule has 2 rings (SSSR count). The molecule has 1 heterocycles. The molecule has 0 saturated heterocycles. The van der Waals surface area contributed by atoms with Crippen LogP contribution in [0.4, 0.5) is 0 Å². The zero-order chi connectivity index (χ0) is 14.5. The number of benzene rings is 1. The monoisotopic (exact) mass is 272 g/mol. The molecule has 20 heavy (non-hydrogen) atoms. The van der Waals surface area contributed by atoms with Gasteiger partial charge >= 0.3 is 0 Å². The lowest BCUT2D eigenvalue weighted by molar-refractivity contribution is 0.290. The molecule has 2 aromatic rings. The Hall–Kier alpha value is -2.07. The molecule has 4 nitrogen and oxygen atoms in total. The Labute approximate surface area is 119 Å². The van der Waals surface area contributed by atoms with Crippen LogP contribution in [0.2, 0.25) is 0 Å². The molecule has 0 saturated carbocycles. The van der Waals surface area contributed by atoms with Crippen molar-refractivity contribution in [2.75, 3.05) is 7.11 Å². The van der Waals surface area contributed by atoms with Gasteiger partial charge in [-0.25, -0.2) is 4.98 Å². The van der Waals surface area contributed by atoms with Crippen LogP contribution in [-0.4, -0.2) is 12.1 Å². The fourth-order valence-corrected chi connectivity index (χ4v) is 2.02. The highest BCUT2D eigenvalue weighted by molar-refractivity contribution is 5.39. The van der Waals surface area contributed by atoms with Crippen LogP contribution in [0, 0.1) is 6.92 Å². The average molecular weight is 272 g/mol. The highest BCUT2D eigenvalue weighted by atomic mass is 16.5. The van der Waals surface area contributed by atoms with Crippen LogP contribution in [0.3, 0.4) is 0 Å². The van der Waals surface area contributed by atoms with Crippen molar-refractivity contribution in [3.8, 4) is 11.6 Å². The molecule has 0 amide bonds. The lowest BCUT2D eigenvalue weighted by Gasteiger charge is -2.15. The van der Waals surface area contributed by atoms with Crippen LogP contribution >= 0.6 is 0 Å². The molecule has 0 aliphatic carbocycles. The molecule has 1 aromatic heterocycles. The first-order chi connectivity index (χ1) is 9.61. The van der Waals surface area contributed by atoms with E-state index in [4.69, 9.17) is 15.2 Å². The van der Waals surface area contributed by atoms with E-state index >= 15 is 0 Å². The molecule has 4 heteroatoms. The number of nitrogens with two attached hydrogens (primary N) is 1. The van der Waals surface area contributed by atoms with Crippen molar-refractivity contribution in [1.82, 2.24) is 4.98 Å². The van der Waals surface area contributed by atoms with Gasteiger partial charge in [-0.1, -0.05) is 12.1 Å². The summed E-state index contributed by atoms with van der Waals surface area (Å²) in [5.41, 5.74) is 9.02. The quantitative estimate of drug-likeness (QED) is 0.909. The fourth-order valence-electron chi connectivity index (χ4n) is 2.02. The van der Waals surface area contributed by atoms with Gasteiger partial charge in [0.1, 0.15) is 12.4 Å². The first-order valence-electron chi connectivity index (χ1n) is 6.58. The van der Waals surface area contributed by atoms with E-state index in [-0.39, 0.29) is 6.04 Å². The van der Waals surface area contributed by atoms with E-state index in [0.717, 1.165) is 22.4 Å². The van der Waals surface area contributed by atoms with Crippen molar-refractivity contribution in [1.29, 1.82) is 0 Å². The maximum absolute atomic E-state index is 5.97. The van der Waals surface area contributed by atoms with Crippen molar-refractivity contribution in [2.45, 2.75) is 26.5 Å². The maximum atomic E-state index is 5.97. The Kier molecular flexibility index (Phi) is 4.58.